The number of nitrogen functional groups attached to an aromatic ring is 1. The van der Waals surface area contributed by atoms with Gasteiger partial charge in [-0.15, -0.1) is 0 Å². The number of hydrogen-bond acceptors (Lipinski definition) is 1. The first-order valence-corrected chi connectivity index (χ1v) is 3.71. The highest BCUT2D eigenvalue weighted by Crippen LogP contribution is 2.26. The van der Waals surface area contributed by atoms with Crippen LogP contribution in [0.1, 0.15) is 11.1 Å². The maximum atomic E-state index is 5.90. The van der Waals surface area contributed by atoms with E-state index in [-0.39, 0.29) is 0 Å². The zero-order valence-electron chi connectivity index (χ0n) is 6.39. The molecule has 1 aromatic carbocycles. The lowest BCUT2D eigenvalue weighted by atomic mass is 10.1. The summed E-state index contributed by atoms with van der Waals surface area (Å²) >= 11 is 5.90. The molecule has 0 spiro atoms. The summed E-state index contributed by atoms with van der Waals surface area (Å²) in [5, 5.41) is 0.597. The van der Waals surface area contributed by atoms with Crippen molar-refractivity contribution in [2.24, 2.45) is 0 Å². The first-order chi connectivity index (χ1) is 5.16. The standard InChI is InChI=1S/C9H10ClN/c1-3-7-6(2)4-5-8(11)9(7)10/h3-5H,1,11H2,2H3. The molecule has 0 amide bonds. The van der Waals surface area contributed by atoms with Crippen LogP contribution in [0.4, 0.5) is 5.69 Å². The Balaban J connectivity index is 3.40. The molecule has 0 aliphatic rings. The van der Waals surface area contributed by atoms with Gasteiger partial charge in [0.2, 0.25) is 0 Å². The van der Waals surface area contributed by atoms with Crippen LogP contribution in [-0.2, 0) is 0 Å². The van der Waals surface area contributed by atoms with E-state index in [1.807, 2.05) is 13.0 Å². The van der Waals surface area contributed by atoms with Gasteiger partial charge in [0, 0.05) is 0 Å². The van der Waals surface area contributed by atoms with Crippen molar-refractivity contribution in [1.82, 2.24) is 0 Å². The van der Waals surface area contributed by atoms with Crippen LogP contribution < -0.4 is 5.73 Å². The summed E-state index contributed by atoms with van der Waals surface area (Å²) in [5.74, 6) is 0. The van der Waals surface area contributed by atoms with Gasteiger partial charge in [-0.25, -0.2) is 0 Å². The first kappa shape index (κ1) is 8.15. The maximum absolute atomic E-state index is 5.90. The fourth-order valence-electron chi connectivity index (χ4n) is 0.957. The second-order valence-electron chi connectivity index (χ2n) is 2.40. The molecule has 0 aliphatic carbocycles. The average Bonchev–Trinajstić information content (AvgIpc) is 1.99. The Labute approximate surface area is 71.5 Å². The fraction of sp³-hybridized carbons (Fsp3) is 0.111. The summed E-state index contributed by atoms with van der Waals surface area (Å²) in [6, 6.07) is 3.73. The van der Waals surface area contributed by atoms with Crippen LogP contribution in [0.3, 0.4) is 0 Å². The molecule has 0 saturated heterocycles. The molecule has 1 aromatic rings. The molecule has 2 N–H and O–H groups in total. The number of benzene rings is 1. The molecule has 1 nitrogen and oxygen atoms in total. The Morgan fingerprint density at radius 2 is 2.18 bits per heavy atom. The Morgan fingerprint density at radius 1 is 1.55 bits per heavy atom. The van der Waals surface area contributed by atoms with Crippen LogP contribution in [-0.4, -0.2) is 0 Å². The molecule has 0 radical (unpaired) electrons. The summed E-state index contributed by atoms with van der Waals surface area (Å²) in [5.41, 5.74) is 8.21. The lowest BCUT2D eigenvalue weighted by Gasteiger charge is -2.04. The summed E-state index contributed by atoms with van der Waals surface area (Å²) in [6.45, 7) is 5.63. The van der Waals surface area contributed by atoms with Gasteiger partial charge in [0.15, 0.2) is 0 Å². The Hall–Kier alpha value is -0.950. The van der Waals surface area contributed by atoms with Crippen molar-refractivity contribution in [3.05, 3.63) is 34.9 Å². The van der Waals surface area contributed by atoms with Gasteiger partial charge in [0.05, 0.1) is 10.7 Å². The molecule has 1 rings (SSSR count). The van der Waals surface area contributed by atoms with Gasteiger partial charge in [-0.3, -0.25) is 0 Å². The Morgan fingerprint density at radius 3 is 2.64 bits per heavy atom. The molecule has 0 bridgehead atoms. The van der Waals surface area contributed by atoms with Crippen molar-refractivity contribution >= 4 is 23.4 Å². The number of rotatable bonds is 1. The van der Waals surface area contributed by atoms with Crippen molar-refractivity contribution in [3.8, 4) is 0 Å². The zero-order chi connectivity index (χ0) is 8.43. The van der Waals surface area contributed by atoms with Crippen LogP contribution in [0, 0.1) is 6.92 Å². The van der Waals surface area contributed by atoms with Crippen molar-refractivity contribution in [3.63, 3.8) is 0 Å². The van der Waals surface area contributed by atoms with Crippen molar-refractivity contribution in [2.45, 2.75) is 6.92 Å². The van der Waals surface area contributed by atoms with E-state index in [2.05, 4.69) is 6.58 Å². The monoisotopic (exact) mass is 167 g/mol. The van der Waals surface area contributed by atoms with E-state index in [0.29, 0.717) is 10.7 Å². The van der Waals surface area contributed by atoms with Gasteiger partial charge in [0.25, 0.3) is 0 Å². The van der Waals surface area contributed by atoms with Gasteiger partial charge in [-0.1, -0.05) is 30.3 Å². The Kier molecular flexibility index (Phi) is 2.20. The average molecular weight is 168 g/mol. The predicted octanol–water partition coefficient (Wildman–Crippen LogP) is 2.87. The zero-order valence-corrected chi connectivity index (χ0v) is 7.15. The van der Waals surface area contributed by atoms with Crippen molar-refractivity contribution in [1.29, 1.82) is 0 Å². The van der Waals surface area contributed by atoms with Gasteiger partial charge in [-0.05, 0) is 24.1 Å². The maximum Gasteiger partial charge on any atom is 0.0710 e. The highest BCUT2D eigenvalue weighted by molar-refractivity contribution is 6.34. The third-order valence-corrected chi connectivity index (χ3v) is 2.05. The van der Waals surface area contributed by atoms with Gasteiger partial charge >= 0.3 is 0 Å². The normalized spacial score (nSPS) is 9.64. The van der Waals surface area contributed by atoms with Crippen molar-refractivity contribution in [2.75, 3.05) is 5.73 Å². The molecule has 0 unspecified atom stereocenters. The number of aryl methyl sites for hydroxylation is 1. The van der Waals surface area contributed by atoms with E-state index in [1.54, 1.807) is 12.1 Å². The lowest BCUT2D eigenvalue weighted by Crippen LogP contribution is -1.90. The molecule has 0 saturated carbocycles. The van der Waals surface area contributed by atoms with Crippen molar-refractivity contribution < 1.29 is 0 Å². The molecule has 0 fully saturated rings. The summed E-state index contributed by atoms with van der Waals surface area (Å²) in [6.07, 6.45) is 1.72. The smallest absolute Gasteiger partial charge is 0.0710 e. The van der Waals surface area contributed by atoms with Gasteiger partial charge < -0.3 is 5.73 Å². The number of halogens is 1. The quantitative estimate of drug-likeness (QED) is 0.640. The molecule has 11 heavy (non-hydrogen) atoms. The van der Waals surface area contributed by atoms with E-state index in [9.17, 15) is 0 Å². The molecule has 2 heteroatoms. The number of nitrogens with two attached hydrogens (primary N) is 1. The largest absolute Gasteiger partial charge is 0.398 e. The van der Waals surface area contributed by atoms with E-state index in [1.165, 1.54) is 0 Å². The van der Waals surface area contributed by atoms with Crippen LogP contribution in [0.2, 0.25) is 5.02 Å². The third-order valence-electron chi connectivity index (χ3n) is 1.63. The van der Waals surface area contributed by atoms with E-state index in [0.717, 1.165) is 11.1 Å². The van der Waals surface area contributed by atoms with Gasteiger partial charge in [0.1, 0.15) is 0 Å². The first-order valence-electron chi connectivity index (χ1n) is 3.34. The topological polar surface area (TPSA) is 26.0 Å². The molecule has 0 aliphatic heterocycles. The highest BCUT2D eigenvalue weighted by Gasteiger charge is 2.02. The van der Waals surface area contributed by atoms with Crippen LogP contribution >= 0.6 is 11.6 Å². The molecule has 0 aromatic heterocycles. The SMILES string of the molecule is C=Cc1c(C)ccc(N)c1Cl. The predicted molar refractivity (Wildman–Crippen MR) is 50.7 cm³/mol. The number of anilines is 1. The summed E-state index contributed by atoms with van der Waals surface area (Å²) < 4.78 is 0. The molecule has 0 heterocycles. The van der Waals surface area contributed by atoms with Crippen LogP contribution in [0.15, 0.2) is 18.7 Å². The summed E-state index contributed by atoms with van der Waals surface area (Å²) in [7, 11) is 0. The Bertz CT molecular complexity index is 292. The second kappa shape index (κ2) is 2.97. The van der Waals surface area contributed by atoms with Crippen LogP contribution in [0.5, 0.6) is 0 Å². The molecule has 58 valence electrons. The number of hydrogen-bond donors (Lipinski definition) is 1. The summed E-state index contributed by atoms with van der Waals surface area (Å²) in [4.78, 5) is 0. The highest BCUT2D eigenvalue weighted by atomic mass is 35.5. The van der Waals surface area contributed by atoms with E-state index >= 15 is 0 Å². The molecular formula is C9H10ClN. The van der Waals surface area contributed by atoms with E-state index < -0.39 is 0 Å². The second-order valence-corrected chi connectivity index (χ2v) is 2.78. The minimum absolute atomic E-state index is 0.597. The van der Waals surface area contributed by atoms with Gasteiger partial charge in [-0.2, -0.15) is 0 Å². The van der Waals surface area contributed by atoms with E-state index in [4.69, 9.17) is 17.3 Å². The third kappa shape index (κ3) is 1.38. The molecule has 0 atom stereocenters. The lowest BCUT2D eigenvalue weighted by molar-refractivity contribution is 1.45. The fourth-order valence-corrected chi connectivity index (χ4v) is 1.25. The van der Waals surface area contributed by atoms with Crippen LogP contribution in [0.25, 0.3) is 6.08 Å². The molecular weight excluding hydrogens is 158 g/mol. The minimum atomic E-state index is 0.597. The minimum Gasteiger partial charge on any atom is -0.398 e.